The number of phenols is 2. The van der Waals surface area contributed by atoms with Crippen molar-refractivity contribution in [2.45, 2.75) is 51.6 Å². The van der Waals surface area contributed by atoms with Crippen LogP contribution in [-0.4, -0.2) is 46.4 Å². The van der Waals surface area contributed by atoms with Gasteiger partial charge in [-0.2, -0.15) is 0 Å². The molecule has 3 aromatic rings. The molecule has 0 radical (unpaired) electrons. The summed E-state index contributed by atoms with van der Waals surface area (Å²) >= 11 is 0. The molecule has 8 heteroatoms. The van der Waals surface area contributed by atoms with Crippen LogP contribution >= 0.6 is 0 Å². The van der Waals surface area contributed by atoms with Gasteiger partial charge in [-0.05, 0) is 41.7 Å². The van der Waals surface area contributed by atoms with Crippen LogP contribution in [0, 0.1) is 5.92 Å². The largest absolute Gasteiger partial charge is 0.508 e. The molecule has 1 aliphatic heterocycles. The maximum atomic E-state index is 13.7. The first-order chi connectivity index (χ1) is 17.8. The quantitative estimate of drug-likeness (QED) is 0.253. The van der Waals surface area contributed by atoms with Crippen molar-refractivity contribution in [1.29, 1.82) is 0 Å². The number of aromatic hydroxyl groups is 2. The number of aliphatic hydroxyl groups excluding tert-OH is 1. The van der Waals surface area contributed by atoms with Crippen molar-refractivity contribution in [2.24, 2.45) is 5.92 Å². The zero-order chi connectivity index (χ0) is 26.5. The molecule has 2 unspecified atom stereocenters. The van der Waals surface area contributed by atoms with Gasteiger partial charge in [0.15, 0.2) is 17.3 Å². The van der Waals surface area contributed by atoms with Gasteiger partial charge >= 0.3 is 0 Å². The molecule has 198 valence electrons. The fourth-order valence-corrected chi connectivity index (χ4v) is 4.81. The number of fused-ring (bicyclic) bond motifs is 1. The third-order valence-electron chi connectivity index (χ3n) is 6.71. The molecule has 0 saturated carbocycles. The SMILES string of the molecule is COc1c(O)c(C(CCC(C)C)c2cc[nH]c2)c2c(c1OCCCO)C(=O)CC(c1ccc(O)cc1)O2. The number of nitrogens with one attached hydrogen (secondary N) is 1. The highest BCUT2D eigenvalue weighted by atomic mass is 16.5. The average molecular weight is 510 g/mol. The zero-order valence-electron chi connectivity index (χ0n) is 21.5. The van der Waals surface area contributed by atoms with Crippen LogP contribution in [0.15, 0.2) is 42.7 Å². The van der Waals surface area contributed by atoms with Crippen molar-refractivity contribution < 1.29 is 34.3 Å². The lowest BCUT2D eigenvalue weighted by atomic mass is 9.82. The fraction of sp³-hybridized carbons (Fsp3) is 0.414. The topological polar surface area (TPSA) is 121 Å². The molecule has 4 N–H and O–H groups in total. The van der Waals surface area contributed by atoms with E-state index in [1.807, 2.05) is 18.5 Å². The second kappa shape index (κ2) is 11.6. The molecule has 0 fully saturated rings. The second-order valence-corrected chi connectivity index (χ2v) is 9.75. The molecule has 4 rings (SSSR count). The number of carbonyl (C=O) groups is 1. The molecule has 0 saturated heterocycles. The normalized spacial score (nSPS) is 15.8. The number of Topliss-reactive ketones (excluding diaryl/α,β-unsaturated/α-hetero) is 1. The maximum absolute atomic E-state index is 13.7. The number of rotatable bonds is 11. The molecule has 0 aliphatic carbocycles. The van der Waals surface area contributed by atoms with Gasteiger partial charge in [0.25, 0.3) is 0 Å². The molecule has 2 heterocycles. The van der Waals surface area contributed by atoms with E-state index in [4.69, 9.17) is 14.2 Å². The Kier molecular flexibility index (Phi) is 8.28. The van der Waals surface area contributed by atoms with E-state index < -0.39 is 6.10 Å². The minimum atomic E-state index is -0.602. The van der Waals surface area contributed by atoms with E-state index in [2.05, 4.69) is 18.8 Å². The minimum absolute atomic E-state index is 0.0579. The zero-order valence-corrected chi connectivity index (χ0v) is 21.5. The van der Waals surface area contributed by atoms with Crippen molar-refractivity contribution in [3.63, 3.8) is 0 Å². The van der Waals surface area contributed by atoms with E-state index in [9.17, 15) is 20.1 Å². The van der Waals surface area contributed by atoms with Crippen LogP contribution in [0.5, 0.6) is 28.7 Å². The van der Waals surface area contributed by atoms with Gasteiger partial charge in [-0.1, -0.05) is 32.4 Å². The Labute approximate surface area is 216 Å². The van der Waals surface area contributed by atoms with Crippen molar-refractivity contribution in [1.82, 2.24) is 4.98 Å². The van der Waals surface area contributed by atoms with E-state index in [0.29, 0.717) is 24.3 Å². The van der Waals surface area contributed by atoms with Crippen molar-refractivity contribution in [3.05, 3.63) is 65.0 Å². The lowest BCUT2D eigenvalue weighted by Crippen LogP contribution is -2.24. The Bertz CT molecular complexity index is 1200. The highest BCUT2D eigenvalue weighted by Crippen LogP contribution is 2.56. The number of carbonyl (C=O) groups excluding carboxylic acids is 1. The Hall–Kier alpha value is -3.65. The number of H-pyrrole nitrogens is 1. The average Bonchev–Trinajstić information content (AvgIpc) is 3.40. The number of aliphatic hydroxyl groups is 1. The van der Waals surface area contributed by atoms with Crippen molar-refractivity contribution >= 4 is 5.78 Å². The molecule has 37 heavy (non-hydrogen) atoms. The Morgan fingerprint density at radius 2 is 1.86 bits per heavy atom. The van der Waals surface area contributed by atoms with Crippen LogP contribution in [-0.2, 0) is 0 Å². The molecule has 1 aromatic heterocycles. The summed E-state index contributed by atoms with van der Waals surface area (Å²) in [6, 6.07) is 8.52. The Morgan fingerprint density at radius 3 is 2.49 bits per heavy atom. The summed E-state index contributed by atoms with van der Waals surface area (Å²) in [5.74, 6) is 0.430. The van der Waals surface area contributed by atoms with Crippen LogP contribution in [0.2, 0.25) is 0 Å². The molecule has 0 bridgehead atoms. The number of benzene rings is 2. The van der Waals surface area contributed by atoms with Crippen molar-refractivity contribution in [2.75, 3.05) is 20.3 Å². The van der Waals surface area contributed by atoms with E-state index >= 15 is 0 Å². The van der Waals surface area contributed by atoms with Gasteiger partial charge in [0.1, 0.15) is 23.2 Å². The molecule has 2 aromatic carbocycles. The number of hydrogen-bond acceptors (Lipinski definition) is 7. The third kappa shape index (κ3) is 5.54. The standard InChI is InChI=1S/C29H35NO7/c1-17(2)5-10-21(19-11-12-30-16-19)24-26(34)29(35-3)28(36-14-4-13-31)25-22(33)15-23(37-27(24)25)18-6-8-20(32)9-7-18/h6-9,11-12,16-17,21,23,30-32,34H,4-5,10,13-15H2,1-3H3. The van der Waals surface area contributed by atoms with E-state index in [1.54, 1.807) is 24.3 Å². The molecule has 8 nitrogen and oxygen atoms in total. The Balaban J connectivity index is 1.92. The number of hydrogen-bond donors (Lipinski definition) is 4. The summed E-state index contributed by atoms with van der Waals surface area (Å²) in [5, 5.41) is 30.6. The number of ether oxygens (including phenoxy) is 3. The smallest absolute Gasteiger partial charge is 0.204 e. The molecule has 2 atom stereocenters. The monoisotopic (exact) mass is 509 g/mol. The summed E-state index contributed by atoms with van der Waals surface area (Å²) in [6.07, 6.45) is 5.12. The lowest BCUT2D eigenvalue weighted by molar-refractivity contribution is 0.0836. The summed E-state index contributed by atoms with van der Waals surface area (Å²) in [7, 11) is 1.43. The minimum Gasteiger partial charge on any atom is -0.508 e. The van der Waals surface area contributed by atoms with Crippen molar-refractivity contribution in [3.8, 4) is 28.7 Å². The van der Waals surface area contributed by atoms with Gasteiger partial charge in [-0.25, -0.2) is 0 Å². The van der Waals surface area contributed by atoms with Gasteiger partial charge in [-0.3, -0.25) is 4.79 Å². The summed E-state index contributed by atoms with van der Waals surface area (Å²) in [5.41, 5.74) is 2.42. The number of aromatic amines is 1. The fourth-order valence-electron chi connectivity index (χ4n) is 4.81. The maximum Gasteiger partial charge on any atom is 0.204 e. The summed E-state index contributed by atoms with van der Waals surface area (Å²) < 4.78 is 18.0. The second-order valence-electron chi connectivity index (χ2n) is 9.75. The Morgan fingerprint density at radius 1 is 1.11 bits per heavy atom. The molecule has 0 amide bonds. The molecule has 1 aliphatic rings. The first-order valence-corrected chi connectivity index (χ1v) is 12.7. The summed E-state index contributed by atoms with van der Waals surface area (Å²) in [4.78, 5) is 16.8. The highest BCUT2D eigenvalue weighted by molar-refractivity contribution is 6.04. The summed E-state index contributed by atoms with van der Waals surface area (Å²) in [6.45, 7) is 4.35. The lowest BCUT2D eigenvalue weighted by Gasteiger charge is -2.32. The van der Waals surface area contributed by atoms with Crippen LogP contribution < -0.4 is 14.2 Å². The van der Waals surface area contributed by atoms with Gasteiger partial charge in [-0.15, -0.1) is 0 Å². The van der Waals surface area contributed by atoms with Gasteiger partial charge in [0.2, 0.25) is 5.75 Å². The van der Waals surface area contributed by atoms with Crippen LogP contribution in [0.1, 0.15) is 78.6 Å². The molecular weight excluding hydrogens is 474 g/mol. The highest BCUT2D eigenvalue weighted by Gasteiger charge is 2.39. The van der Waals surface area contributed by atoms with Gasteiger partial charge in [0, 0.05) is 36.9 Å². The van der Waals surface area contributed by atoms with Gasteiger partial charge in [0.05, 0.1) is 20.1 Å². The first-order valence-electron chi connectivity index (χ1n) is 12.7. The van der Waals surface area contributed by atoms with Crippen LogP contribution in [0.25, 0.3) is 0 Å². The molecule has 0 spiro atoms. The predicted molar refractivity (Wildman–Crippen MR) is 139 cm³/mol. The van der Waals surface area contributed by atoms with E-state index in [0.717, 1.165) is 17.5 Å². The number of methoxy groups -OCH3 is 1. The van der Waals surface area contributed by atoms with E-state index in [1.165, 1.54) is 7.11 Å². The molecular formula is C29H35NO7. The number of phenolic OH excluding ortho intramolecular Hbond substituents is 2. The number of ketones is 1. The van der Waals surface area contributed by atoms with Gasteiger partial charge < -0.3 is 34.5 Å². The van der Waals surface area contributed by atoms with Crippen LogP contribution in [0.3, 0.4) is 0 Å². The third-order valence-corrected chi connectivity index (χ3v) is 6.71. The predicted octanol–water partition coefficient (Wildman–Crippen LogP) is 5.47. The number of aromatic nitrogens is 1. The van der Waals surface area contributed by atoms with E-state index in [-0.39, 0.29) is 65.6 Å². The first kappa shape index (κ1) is 26.4. The van der Waals surface area contributed by atoms with Crippen LogP contribution in [0.4, 0.5) is 0 Å².